The molecule has 2 N–H and O–H groups in total. The highest BCUT2D eigenvalue weighted by Gasteiger charge is 2.21. The zero-order chi connectivity index (χ0) is 13.9. The first-order chi connectivity index (χ1) is 8.30. The third kappa shape index (κ3) is 3.70. The Morgan fingerprint density at radius 1 is 1.44 bits per heavy atom. The van der Waals surface area contributed by atoms with E-state index in [0.717, 1.165) is 36.0 Å². The van der Waals surface area contributed by atoms with Crippen molar-refractivity contribution in [1.29, 1.82) is 0 Å². The Bertz CT molecular complexity index is 398. The van der Waals surface area contributed by atoms with E-state index in [1.54, 1.807) is 0 Å². The van der Waals surface area contributed by atoms with Crippen LogP contribution in [0.5, 0.6) is 0 Å². The third-order valence-corrected chi connectivity index (χ3v) is 3.78. The van der Waals surface area contributed by atoms with E-state index < -0.39 is 0 Å². The van der Waals surface area contributed by atoms with Gasteiger partial charge in [0.15, 0.2) is 0 Å². The number of nitrogens with two attached hydrogens (primary N) is 1. The summed E-state index contributed by atoms with van der Waals surface area (Å²) >= 11 is 6.29. The van der Waals surface area contributed by atoms with Crippen molar-refractivity contribution in [2.45, 2.75) is 34.2 Å². The number of hydrogen-bond acceptors (Lipinski definition) is 3. The van der Waals surface area contributed by atoms with E-state index in [-0.39, 0.29) is 5.41 Å². The smallest absolute Gasteiger partial charge is 0.0860 e. The van der Waals surface area contributed by atoms with Crippen LogP contribution in [0.4, 0.5) is 0 Å². The second-order valence-electron chi connectivity index (χ2n) is 5.64. The molecule has 0 radical (unpaired) electrons. The minimum atomic E-state index is 0.121. The predicted molar refractivity (Wildman–Crippen MR) is 76.7 cm³/mol. The summed E-state index contributed by atoms with van der Waals surface area (Å²) in [5.74, 6) is 0. The third-order valence-electron chi connectivity index (χ3n) is 3.29. The highest BCUT2D eigenvalue weighted by atomic mass is 35.5. The molecule has 0 saturated heterocycles. The van der Waals surface area contributed by atoms with Gasteiger partial charge in [-0.1, -0.05) is 32.4 Å². The molecule has 0 aliphatic carbocycles. The largest absolute Gasteiger partial charge is 0.330 e. The van der Waals surface area contributed by atoms with Gasteiger partial charge in [-0.05, 0) is 25.4 Å². The number of aromatic nitrogens is 2. The molecule has 1 aromatic rings. The average molecular weight is 273 g/mol. The van der Waals surface area contributed by atoms with Gasteiger partial charge in [0.1, 0.15) is 0 Å². The Kier molecular flexibility index (Phi) is 5.20. The molecule has 0 bridgehead atoms. The fourth-order valence-corrected chi connectivity index (χ4v) is 2.23. The highest BCUT2D eigenvalue weighted by Crippen LogP contribution is 2.23. The summed E-state index contributed by atoms with van der Waals surface area (Å²) in [5.41, 5.74) is 7.88. The zero-order valence-electron chi connectivity index (χ0n) is 12.1. The van der Waals surface area contributed by atoms with Crippen molar-refractivity contribution in [2.75, 3.05) is 19.6 Å². The Balaban J connectivity index is 2.80. The van der Waals surface area contributed by atoms with Crippen molar-refractivity contribution in [2.24, 2.45) is 18.2 Å². The Morgan fingerprint density at radius 2 is 2.06 bits per heavy atom. The van der Waals surface area contributed by atoms with Gasteiger partial charge in [0, 0.05) is 20.1 Å². The fourth-order valence-electron chi connectivity index (χ4n) is 2.01. The van der Waals surface area contributed by atoms with E-state index in [2.05, 4.69) is 30.8 Å². The molecular weight excluding hydrogens is 248 g/mol. The van der Waals surface area contributed by atoms with Crippen LogP contribution < -0.4 is 5.73 Å². The molecular formula is C13H25ClN4. The summed E-state index contributed by atoms with van der Waals surface area (Å²) < 4.78 is 1.87. The topological polar surface area (TPSA) is 47.1 Å². The van der Waals surface area contributed by atoms with Crippen molar-refractivity contribution >= 4 is 11.6 Å². The van der Waals surface area contributed by atoms with Crippen LogP contribution in [0.1, 0.15) is 32.2 Å². The first kappa shape index (κ1) is 15.5. The van der Waals surface area contributed by atoms with Crippen molar-refractivity contribution in [1.82, 2.24) is 14.7 Å². The molecule has 0 aliphatic rings. The van der Waals surface area contributed by atoms with Crippen molar-refractivity contribution in [3.63, 3.8) is 0 Å². The van der Waals surface area contributed by atoms with Gasteiger partial charge >= 0.3 is 0 Å². The molecule has 0 aliphatic heterocycles. The highest BCUT2D eigenvalue weighted by molar-refractivity contribution is 6.31. The quantitative estimate of drug-likeness (QED) is 0.864. The lowest BCUT2D eigenvalue weighted by Crippen LogP contribution is -2.38. The summed E-state index contributed by atoms with van der Waals surface area (Å²) in [4.78, 5) is 2.36. The van der Waals surface area contributed by atoms with Gasteiger partial charge < -0.3 is 5.73 Å². The SMILES string of the molecule is CCN(Cc1c(Cl)c(C)nn1C)CC(C)(C)CN. The first-order valence-corrected chi connectivity index (χ1v) is 6.79. The monoisotopic (exact) mass is 272 g/mol. The van der Waals surface area contributed by atoms with E-state index in [4.69, 9.17) is 17.3 Å². The number of halogens is 1. The molecule has 1 heterocycles. The standard InChI is InChI=1S/C13H25ClN4/c1-6-18(9-13(3,4)8-15)7-11-12(14)10(2)16-17(11)5/h6-9,15H2,1-5H3. The molecule has 0 atom stereocenters. The summed E-state index contributed by atoms with van der Waals surface area (Å²) in [5, 5.41) is 5.13. The summed E-state index contributed by atoms with van der Waals surface area (Å²) in [7, 11) is 1.94. The van der Waals surface area contributed by atoms with E-state index >= 15 is 0 Å². The molecule has 1 rings (SSSR count). The minimum absolute atomic E-state index is 0.121. The molecule has 0 fully saturated rings. The Hall–Kier alpha value is -0.580. The van der Waals surface area contributed by atoms with Crippen LogP contribution in [0.15, 0.2) is 0 Å². The second-order valence-corrected chi connectivity index (χ2v) is 6.02. The molecule has 0 amide bonds. The van der Waals surface area contributed by atoms with Crippen molar-refractivity contribution in [3.05, 3.63) is 16.4 Å². The van der Waals surface area contributed by atoms with Crippen LogP contribution >= 0.6 is 11.6 Å². The van der Waals surface area contributed by atoms with E-state index in [1.807, 2.05) is 18.7 Å². The van der Waals surface area contributed by atoms with Crippen LogP contribution in [-0.2, 0) is 13.6 Å². The predicted octanol–water partition coefficient (Wildman–Crippen LogP) is 2.19. The normalized spacial score (nSPS) is 12.4. The maximum Gasteiger partial charge on any atom is 0.0860 e. The lowest BCUT2D eigenvalue weighted by molar-refractivity contribution is 0.180. The van der Waals surface area contributed by atoms with Gasteiger partial charge in [0.05, 0.1) is 16.4 Å². The van der Waals surface area contributed by atoms with Gasteiger partial charge in [0.25, 0.3) is 0 Å². The maximum absolute atomic E-state index is 6.29. The van der Waals surface area contributed by atoms with Crippen LogP contribution in [0.2, 0.25) is 5.02 Å². The molecule has 18 heavy (non-hydrogen) atoms. The van der Waals surface area contributed by atoms with Gasteiger partial charge in [0.2, 0.25) is 0 Å². The second kappa shape index (κ2) is 6.04. The summed E-state index contributed by atoms with van der Waals surface area (Å²) in [6, 6.07) is 0. The lowest BCUT2D eigenvalue weighted by atomic mass is 9.93. The van der Waals surface area contributed by atoms with Crippen LogP contribution in [0, 0.1) is 12.3 Å². The molecule has 0 unspecified atom stereocenters. The van der Waals surface area contributed by atoms with Crippen LogP contribution in [0.25, 0.3) is 0 Å². The number of rotatable bonds is 6. The Morgan fingerprint density at radius 3 is 2.44 bits per heavy atom. The van der Waals surface area contributed by atoms with Gasteiger partial charge in [-0.15, -0.1) is 0 Å². The van der Waals surface area contributed by atoms with Gasteiger partial charge in [-0.25, -0.2) is 0 Å². The van der Waals surface area contributed by atoms with Crippen molar-refractivity contribution in [3.8, 4) is 0 Å². The number of aryl methyl sites for hydroxylation is 2. The molecule has 0 spiro atoms. The van der Waals surface area contributed by atoms with E-state index in [0.29, 0.717) is 6.54 Å². The first-order valence-electron chi connectivity index (χ1n) is 6.41. The van der Waals surface area contributed by atoms with E-state index in [1.165, 1.54) is 0 Å². The molecule has 0 aromatic carbocycles. The average Bonchev–Trinajstić information content (AvgIpc) is 2.54. The van der Waals surface area contributed by atoms with Crippen LogP contribution in [-0.4, -0.2) is 34.3 Å². The Labute approximate surface area is 115 Å². The van der Waals surface area contributed by atoms with Gasteiger partial charge in [-0.3, -0.25) is 9.58 Å². The maximum atomic E-state index is 6.29. The number of hydrogen-bond donors (Lipinski definition) is 1. The molecule has 104 valence electrons. The molecule has 0 saturated carbocycles. The molecule has 1 aromatic heterocycles. The minimum Gasteiger partial charge on any atom is -0.330 e. The summed E-state index contributed by atoms with van der Waals surface area (Å²) in [6.45, 7) is 11.9. The number of nitrogens with zero attached hydrogens (tertiary/aromatic N) is 3. The van der Waals surface area contributed by atoms with E-state index in [9.17, 15) is 0 Å². The molecule has 4 nitrogen and oxygen atoms in total. The van der Waals surface area contributed by atoms with Gasteiger partial charge in [-0.2, -0.15) is 5.10 Å². The lowest BCUT2D eigenvalue weighted by Gasteiger charge is -2.31. The molecule has 5 heteroatoms. The summed E-state index contributed by atoms with van der Waals surface area (Å²) in [6.07, 6.45) is 0. The van der Waals surface area contributed by atoms with Crippen LogP contribution in [0.3, 0.4) is 0 Å². The zero-order valence-corrected chi connectivity index (χ0v) is 12.9. The fraction of sp³-hybridized carbons (Fsp3) is 0.769. The van der Waals surface area contributed by atoms with Crippen molar-refractivity contribution < 1.29 is 0 Å².